The lowest BCUT2D eigenvalue weighted by atomic mass is 10.2. The van der Waals surface area contributed by atoms with Gasteiger partial charge >= 0.3 is 0 Å². The Labute approximate surface area is 112 Å². The van der Waals surface area contributed by atoms with Gasteiger partial charge in [0.15, 0.2) is 5.76 Å². The predicted molar refractivity (Wildman–Crippen MR) is 72.4 cm³/mol. The smallest absolute Gasteiger partial charge is 0.287 e. The first kappa shape index (κ1) is 13.2. The highest BCUT2D eigenvalue weighted by Crippen LogP contribution is 2.13. The number of furan rings is 1. The van der Waals surface area contributed by atoms with E-state index in [2.05, 4.69) is 18.3 Å². The summed E-state index contributed by atoms with van der Waals surface area (Å²) < 4.78 is 10.6. The molecule has 0 aliphatic carbocycles. The molecule has 0 fully saturated rings. The minimum absolute atomic E-state index is 0.226. The van der Waals surface area contributed by atoms with Gasteiger partial charge in [-0.1, -0.05) is 19.1 Å². The van der Waals surface area contributed by atoms with Crippen LogP contribution < -0.4 is 10.1 Å². The minimum Gasteiger partial charge on any atom is -0.492 e. The standard InChI is InChI=1S/C15H17NO3/c1-2-12-5-3-6-13(11-12)18-10-8-16-15(17)14-7-4-9-19-14/h3-7,9,11H,2,8,10H2,1H3,(H,16,17). The van der Waals surface area contributed by atoms with Gasteiger partial charge in [-0.3, -0.25) is 4.79 Å². The average Bonchev–Trinajstić information content (AvgIpc) is 2.98. The molecule has 0 aliphatic rings. The number of ether oxygens (including phenoxy) is 1. The SMILES string of the molecule is CCc1cccc(OCCNC(=O)c2ccco2)c1. The summed E-state index contributed by atoms with van der Waals surface area (Å²) in [5, 5.41) is 2.73. The molecule has 0 saturated carbocycles. The highest BCUT2D eigenvalue weighted by Gasteiger charge is 2.06. The summed E-state index contributed by atoms with van der Waals surface area (Å²) in [6.07, 6.45) is 2.45. The molecule has 4 nitrogen and oxygen atoms in total. The predicted octanol–water partition coefficient (Wildman–Crippen LogP) is 2.65. The van der Waals surface area contributed by atoms with E-state index in [1.54, 1.807) is 12.1 Å². The highest BCUT2D eigenvalue weighted by molar-refractivity contribution is 5.91. The zero-order chi connectivity index (χ0) is 13.5. The molecule has 1 N–H and O–H groups in total. The van der Waals surface area contributed by atoms with Crippen LogP contribution >= 0.6 is 0 Å². The second-order valence-electron chi connectivity index (χ2n) is 4.08. The lowest BCUT2D eigenvalue weighted by Crippen LogP contribution is -2.27. The molecule has 0 unspecified atom stereocenters. The minimum atomic E-state index is -0.226. The second kappa shape index (κ2) is 6.64. The molecule has 1 aromatic heterocycles. The number of aryl methyl sites for hydroxylation is 1. The summed E-state index contributed by atoms with van der Waals surface area (Å²) in [5.74, 6) is 0.912. The van der Waals surface area contributed by atoms with Crippen LogP contribution in [0.5, 0.6) is 5.75 Å². The lowest BCUT2D eigenvalue weighted by Gasteiger charge is -2.08. The number of nitrogens with one attached hydrogen (secondary N) is 1. The molecule has 0 spiro atoms. The first-order chi connectivity index (χ1) is 9.29. The van der Waals surface area contributed by atoms with E-state index in [4.69, 9.17) is 9.15 Å². The average molecular weight is 259 g/mol. The fourth-order valence-corrected chi connectivity index (χ4v) is 1.68. The first-order valence-electron chi connectivity index (χ1n) is 6.33. The number of rotatable bonds is 6. The van der Waals surface area contributed by atoms with Crippen molar-refractivity contribution in [1.82, 2.24) is 5.32 Å². The number of amides is 1. The van der Waals surface area contributed by atoms with Gasteiger partial charge in [-0.05, 0) is 36.2 Å². The van der Waals surface area contributed by atoms with Crippen LogP contribution in [0.25, 0.3) is 0 Å². The van der Waals surface area contributed by atoms with Gasteiger partial charge in [-0.2, -0.15) is 0 Å². The molecule has 0 saturated heterocycles. The zero-order valence-electron chi connectivity index (χ0n) is 10.9. The summed E-state index contributed by atoms with van der Waals surface area (Å²) in [6, 6.07) is 11.3. The van der Waals surface area contributed by atoms with Crippen molar-refractivity contribution in [3.8, 4) is 5.75 Å². The van der Waals surface area contributed by atoms with E-state index < -0.39 is 0 Å². The molecule has 0 atom stereocenters. The van der Waals surface area contributed by atoms with Crippen molar-refractivity contribution in [2.75, 3.05) is 13.2 Å². The van der Waals surface area contributed by atoms with Crippen molar-refractivity contribution < 1.29 is 13.9 Å². The fourth-order valence-electron chi connectivity index (χ4n) is 1.68. The summed E-state index contributed by atoms with van der Waals surface area (Å²) in [7, 11) is 0. The molecular formula is C15H17NO3. The van der Waals surface area contributed by atoms with Crippen LogP contribution in [-0.2, 0) is 6.42 Å². The van der Waals surface area contributed by atoms with Crippen molar-refractivity contribution in [3.63, 3.8) is 0 Å². The maximum atomic E-state index is 11.6. The molecule has 4 heteroatoms. The Bertz CT molecular complexity index is 520. The molecule has 1 amide bonds. The van der Waals surface area contributed by atoms with Crippen molar-refractivity contribution in [2.45, 2.75) is 13.3 Å². The van der Waals surface area contributed by atoms with Gasteiger partial charge in [0, 0.05) is 0 Å². The van der Waals surface area contributed by atoms with E-state index in [1.807, 2.05) is 18.2 Å². The Balaban J connectivity index is 1.73. The second-order valence-corrected chi connectivity index (χ2v) is 4.08. The van der Waals surface area contributed by atoms with Gasteiger partial charge in [0.1, 0.15) is 12.4 Å². The number of benzene rings is 1. The van der Waals surface area contributed by atoms with Crippen LogP contribution in [0.15, 0.2) is 47.1 Å². The van der Waals surface area contributed by atoms with E-state index in [9.17, 15) is 4.79 Å². The molecule has 1 heterocycles. The van der Waals surface area contributed by atoms with E-state index in [0.717, 1.165) is 12.2 Å². The van der Waals surface area contributed by atoms with E-state index in [-0.39, 0.29) is 5.91 Å². The van der Waals surface area contributed by atoms with Crippen LogP contribution in [0.2, 0.25) is 0 Å². The molecule has 19 heavy (non-hydrogen) atoms. The molecule has 2 rings (SSSR count). The summed E-state index contributed by atoms with van der Waals surface area (Å²) >= 11 is 0. The van der Waals surface area contributed by atoms with Gasteiger partial charge in [-0.15, -0.1) is 0 Å². The van der Waals surface area contributed by atoms with Crippen LogP contribution in [0.1, 0.15) is 23.0 Å². The Hall–Kier alpha value is -2.23. The Kier molecular flexibility index (Phi) is 4.61. The van der Waals surface area contributed by atoms with Crippen molar-refractivity contribution in [2.24, 2.45) is 0 Å². The zero-order valence-corrected chi connectivity index (χ0v) is 10.9. The Morgan fingerprint density at radius 1 is 1.32 bits per heavy atom. The van der Waals surface area contributed by atoms with Crippen molar-refractivity contribution in [3.05, 3.63) is 54.0 Å². The van der Waals surface area contributed by atoms with E-state index in [0.29, 0.717) is 18.9 Å². The third-order valence-electron chi connectivity index (χ3n) is 2.71. The van der Waals surface area contributed by atoms with Gasteiger partial charge in [0.05, 0.1) is 12.8 Å². The molecule has 1 aromatic carbocycles. The third kappa shape index (κ3) is 3.88. The molecule has 0 aliphatic heterocycles. The Morgan fingerprint density at radius 2 is 2.21 bits per heavy atom. The van der Waals surface area contributed by atoms with Crippen LogP contribution in [-0.4, -0.2) is 19.1 Å². The molecule has 0 radical (unpaired) electrons. The fraction of sp³-hybridized carbons (Fsp3) is 0.267. The molecular weight excluding hydrogens is 242 g/mol. The lowest BCUT2D eigenvalue weighted by molar-refractivity contribution is 0.0919. The van der Waals surface area contributed by atoms with Crippen LogP contribution in [0.4, 0.5) is 0 Å². The normalized spacial score (nSPS) is 10.2. The van der Waals surface area contributed by atoms with Gasteiger partial charge < -0.3 is 14.5 Å². The summed E-state index contributed by atoms with van der Waals surface area (Å²) in [5.41, 5.74) is 1.23. The van der Waals surface area contributed by atoms with Crippen molar-refractivity contribution in [1.29, 1.82) is 0 Å². The quantitative estimate of drug-likeness (QED) is 0.811. The number of hydrogen-bond donors (Lipinski definition) is 1. The van der Waals surface area contributed by atoms with Gasteiger partial charge in [-0.25, -0.2) is 0 Å². The molecule has 100 valence electrons. The van der Waals surface area contributed by atoms with Gasteiger partial charge in [0.2, 0.25) is 0 Å². The first-order valence-corrected chi connectivity index (χ1v) is 6.33. The summed E-state index contributed by atoms with van der Waals surface area (Å²) in [6.45, 7) is 2.97. The maximum Gasteiger partial charge on any atom is 0.287 e. The topological polar surface area (TPSA) is 51.5 Å². The monoisotopic (exact) mass is 259 g/mol. The number of carbonyl (C=O) groups is 1. The summed E-state index contributed by atoms with van der Waals surface area (Å²) in [4.78, 5) is 11.6. The largest absolute Gasteiger partial charge is 0.492 e. The van der Waals surface area contributed by atoms with E-state index >= 15 is 0 Å². The maximum absolute atomic E-state index is 11.6. The van der Waals surface area contributed by atoms with E-state index in [1.165, 1.54) is 11.8 Å². The third-order valence-corrected chi connectivity index (χ3v) is 2.71. The molecule has 2 aromatic rings. The van der Waals surface area contributed by atoms with Crippen molar-refractivity contribution >= 4 is 5.91 Å². The van der Waals surface area contributed by atoms with Crippen LogP contribution in [0, 0.1) is 0 Å². The number of carbonyl (C=O) groups excluding carboxylic acids is 1. The Morgan fingerprint density at radius 3 is 2.95 bits per heavy atom. The molecule has 0 bridgehead atoms. The van der Waals surface area contributed by atoms with Gasteiger partial charge in [0.25, 0.3) is 5.91 Å². The van der Waals surface area contributed by atoms with Crippen LogP contribution in [0.3, 0.4) is 0 Å². The highest BCUT2D eigenvalue weighted by atomic mass is 16.5. The number of hydrogen-bond acceptors (Lipinski definition) is 3.